The highest BCUT2D eigenvalue weighted by molar-refractivity contribution is 7.89. The second-order valence-electron chi connectivity index (χ2n) is 6.46. The first-order valence-electron chi connectivity index (χ1n) is 9.29. The van der Waals surface area contributed by atoms with Gasteiger partial charge in [-0.25, -0.2) is 12.8 Å². The zero-order valence-electron chi connectivity index (χ0n) is 15.9. The van der Waals surface area contributed by atoms with Crippen LogP contribution in [0.5, 0.6) is 0 Å². The van der Waals surface area contributed by atoms with E-state index in [1.54, 1.807) is 0 Å². The van der Waals surface area contributed by atoms with Gasteiger partial charge in [-0.15, -0.1) is 0 Å². The van der Waals surface area contributed by atoms with Crippen molar-refractivity contribution in [2.24, 2.45) is 5.73 Å². The van der Waals surface area contributed by atoms with Crippen LogP contribution >= 0.6 is 0 Å². The summed E-state index contributed by atoms with van der Waals surface area (Å²) in [4.78, 5) is 0.0433. The molecule has 0 radical (unpaired) electrons. The van der Waals surface area contributed by atoms with Gasteiger partial charge in [0.05, 0.1) is 4.90 Å². The maximum absolute atomic E-state index is 13.2. The molecule has 0 saturated carbocycles. The molecule has 0 unspecified atom stereocenters. The fraction of sp³-hybridized carbons (Fsp3) is 0.130. The SMILES string of the molecule is NCCN(CC=C(c1ccccc1)c1ccccc1)S(=O)(=O)c1ccc(F)cc1. The summed E-state index contributed by atoms with van der Waals surface area (Å²) >= 11 is 0. The lowest BCUT2D eigenvalue weighted by molar-refractivity contribution is 0.450. The number of hydrogen-bond donors (Lipinski definition) is 1. The van der Waals surface area contributed by atoms with Crippen molar-refractivity contribution >= 4 is 15.6 Å². The van der Waals surface area contributed by atoms with E-state index in [0.717, 1.165) is 28.8 Å². The molecule has 0 bridgehead atoms. The Morgan fingerprint density at radius 2 is 1.38 bits per heavy atom. The number of rotatable bonds is 8. The Kier molecular flexibility index (Phi) is 6.93. The molecule has 150 valence electrons. The first kappa shape index (κ1) is 20.9. The van der Waals surface area contributed by atoms with Crippen LogP contribution in [0.2, 0.25) is 0 Å². The van der Waals surface area contributed by atoms with Crippen molar-refractivity contribution < 1.29 is 12.8 Å². The molecule has 29 heavy (non-hydrogen) atoms. The van der Waals surface area contributed by atoms with Gasteiger partial charge in [-0.05, 0) is 41.0 Å². The number of nitrogens with zero attached hydrogens (tertiary/aromatic N) is 1. The standard InChI is InChI=1S/C23H23FN2O2S/c24-21-11-13-22(14-12-21)29(27,28)26(18-16-25)17-15-23(19-7-3-1-4-8-19)20-9-5-2-6-10-20/h1-15H,16-18,25H2. The van der Waals surface area contributed by atoms with Gasteiger partial charge in [0.25, 0.3) is 0 Å². The van der Waals surface area contributed by atoms with Gasteiger partial charge in [-0.1, -0.05) is 66.7 Å². The Bertz CT molecular complexity index is 1010. The molecule has 0 fully saturated rings. The van der Waals surface area contributed by atoms with E-state index in [9.17, 15) is 12.8 Å². The van der Waals surface area contributed by atoms with E-state index >= 15 is 0 Å². The Labute approximate surface area is 171 Å². The van der Waals surface area contributed by atoms with Crippen molar-refractivity contribution in [3.63, 3.8) is 0 Å². The normalized spacial score (nSPS) is 11.4. The molecule has 4 nitrogen and oxygen atoms in total. The molecular weight excluding hydrogens is 387 g/mol. The number of halogens is 1. The van der Waals surface area contributed by atoms with Crippen LogP contribution < -0.4 is 5.73 Å². The average molecular weight is 411 g/mol. The van der Waals surface area contributed by atoms with E-state index in [-0.39, 0.29) is 24.5 Å². The second kappa shape index (κ2) is 9.60. The zero-order valence-corrected chi connectivity index (χ0v) is 16.7. The molecule has 3 rings (SSSR count). The number of nitrogens with two attached hydrogens (primary N) is 1. The summed E-state index contributed by atoms with van der Waals surface area (Å²) in [5, 5.41) is 0. The first-order chi connectivity index (χ1) is 14.0. The zero-order chi connectivity index (χ0) is 20.7. The van der Waals surface area contributed by atoms with E-state index in [1.165, 1.54) is 16.4 Å². The van der Waals surface area contributed by atoms with Crippen LogP contribution in [-0.2, 0) is 10.0 Å². The fourth-order valence-corrected chi connectivity index (χ4v) is 4.43. The predicted octanol–water partition coefficient (Wildman–Crippen LogP) is 3.91. The van der Waals surface area contributed by atoms with Gasteiger partial charge in [0.1, 0.15) is 5.82 Å². The van der Waals surface area contributed by atoms with Crippen molar-refractivity contribution in [3.8, 4) is 0 Å². The summed E-state index contributed by atoms with van der Waals surface area (Å²) < 4.78 is 40.6. The molecule has 0 aliphatic heterocycles. The molecule has 0 saturated heterocycles. The fourth-order valence-electron chi connectivity index (χ4n) is 3.04. The summed E-state index contributed by atoms with van der Waals surface area (Å²) in [5.41, 5.74) is 8.59. The Hall–Kier alpha value is -2.80. The highest BCUT2D eigenvalue weighted by atomic mass is 32.2. The van der Waals surface area contributed by atoms with Crippen LogP contribution in [0.15, 0.2) is 95.9 Å². The molecule has 2 N–H and O–H groups in total. The van der Waals surface area contributed by atoms with Crippen molar-refractivity contribution in [1.82, 2.24) is 4.31 Å². The largest absolute Gasteiger partial charge is 0.329 e. The topological polar surface area (TPSA) is 63.4 Å². The molecular formula is C23H23FN2O2S. The molecule has 0 atom stereocenters. The number of benzene rings is 3. The minimum absolute atomic E-state index is 0.0433. The summed E-state index contributed by atoms with van der Waals surface area (Å²) in [5.74, 6) is -0.482. The molecule has 3 aromatic rings. The van der Waals surface area contributed by atoms with Crippen LogP contribution in [0, 0.1) is 5.82 Å². The van der Waals surface area contributed by atoms with E-state index in [2.05, 4.69) is 0 Å². The maximum atomic E-state index is 13.2. The van der Waals surface area contributed by atoms with Gasteiger partial charge >= 0.3 is 0 Å². The molecule has 6 heteroatoms. The van der Waals surface area contributed by atoms with Crippen LogP contribution in [0.25, 0.3) is 5.57 Å². The Balaban J connectivity index is 1.97. The lowest BCUT2D eigenvalue weighted by Gasteiger charge is -2.21. The highest BCUT2D eigenvalue weighted by Crippen LogP contribution is 2.24. The minimum Gasteiger partial charge on any atom is -0.329 e. The molecule has 0 aliphatic carbocycles. The maximum Gasteiger partial charge on any atom is 0.243 e. The Morgan fingerprint density at radius 1 is 0.862 bits per heavy atom. The quantitative estimate of drug-likeness (QED) is 0.612. The Morgan fingerprint density at radius 3 is 1.86 bits per heavy atom. The van der Waals surface area contributed by atoms with Crippen LogP contribution in [0.4, 0.5) is 4.39 Å². The lowest BCUT2D eigenvalue weighted by Crippen LogP contribution is -2.35. The summed E-state index contributed by atoms with van der Waals surface area (Å²) in [6.45, 7) is 0.489. The summed E-state index contributed by atoms with van der Waals surface area (Å²) in [7, 11) is -3.80. The monoisotopic (exact) mass is 410 g/mol. The predicted molar refractivity (Wildman–Crippen MR) is 114 cm³/mol. The smallest absolute Gasteiger partial charge is 0.243 e. The van der Waals surface area contributed by atoms with E-state index in [0.29, 0.717) is 0 Å². The third-order valence-corrected chi connectivity index (χ3v) is 6.38. The van der Waals surface area contributed by atoms with Crippen LogP contribution in [0.1, 0.15) is 11.1 Å². The van der Waals surface area contributed by atoms with Crippen molar-refractivity contribution in [3.05, 3.63) is 108 Å². The van der Waals surface area contributed by atoms with Crippen molar-refractivity contribution in [2.75, 3.05) is 19.6 Å². The molecule has 0 amide bonds. The lowest BCUT2D eigenvalue weighted by atomic mass is 9.98. The van der Waals surface area contributed by atoms with Crippen molar-refractivity contribution in [2.45, 2.75) is 4.90 Å². The third kappa shape index (κ3) is 5.17. The average Bonchev–Trinajstić information content (AvgIpc) is 2.75. The van der Waals surface area contributed by atoms with Gasteiger partial charge in [0.15, 0.2) is 0 Å². The van der Waals surface area contributed by atoms with Gasteiger partial charge in [-0.2, -0.15) is 4.31 Å². The minimum atomic E-state index is -3.80. The van der Waals surface area contributed by atoms with Crippen molar-refractivity contribution in [1.29, 1.82) is 0 Å². The van der Waals surface area contributed by atoms with Gasteiger partial charge in [-0.3, -0.25) is 0 Å². The third-order valence-electron chi connectivity index (χ3n) is 4.50. The van der Waals surface area contributed by atoms with E-state index < -0.39 is 15.8 Å². The van der Waals surface area contributed by atoms with Gasteiger partial charge < -0.3 is 5.73 Å². The van der Waals surface area contributed by atoms with Gasteiger partial charge in [0.2, 0.25) is 10.0 Å². The van der Waals surface area contributed by atoms with Gasteiger partial charge in [0, 0.05) is 19.6 Å². The molecule has 0 aromatic heterocycles. The van der Waals surface area contributed by atoms with E-state index in [1.807, 2.05) is 66.7 Å². The van der Waals surface area contributed by atoms with Crippen LogP contribution in [0.3, 0.4) is 0 Å². The second-order valence-corrected chi connectivity index (χ2v) is 8.39. The number of sulfonamides is 1. The van der Waals surface area contributed by atoms with E-state index in [4.69, 9.17) is 5.73 Å². The molecule has 3 aromatic carbocycles. The highest BCUT2D eigenvalue weighted by Gasteiger charge is 2.23. The molecule has 0 spiro atoms. The summed E-state index contributed by atoms with van der Waals surface area (Å²) in [6, 6.07) is 24.4. The first-order valence-corrected chi connectivity index (χ1v) is 10.7. The number of hydrogen-bond acceptors (Lipinski definition) is 3. The molecule has 0 aliphatic rings. The summed E-state index contributed by atoms with van der Waals surface area (Å²) in [6.07, 6.45) is 1.89. The van der Waals surface area contributed by atoms with Crippen LogP contribution in [-0.4, -0.2) is 32.4 Å². The molecule has 0 heterocycles.